The molecule has 19 heavy (non-hydrogen) atoms. The summed E-state index contributed by atoms with van der Waals surface area (Å²) in [6.45, 7) is 11.2. The van der Waals surface area contributed by atoms with E-state index in [0.717, 1.165) is 5.92 Å². The van der Waals surface area contributed by atoms with E-state index < -0.39 is 0 Å². The zero-order chi connectivity index (χ0) is 13.5. The van der Waals surface area contributed by atoms with Crippen LogP contribution in [0.4, 0.5) is 0 Å². The van der Waals surface area contributed by atoms with Gasteiger partial charge in [0.25, 0.3) is 0 Å². The highest BCUT2D eigenvalue weighted by atomic mass is 15.2. The molecule has 0 spiro atoms. The molecule has 4 heteroatoms. The predicted octanol–water partition coefficient (Wildman–Crippen LogP) is 0.555. The Bertz CT molecular complexity index is 230. The van der Waals surface area contributed by atoms with Gasteiger partial charge in [-0.2, -0.15) is 0 Å². The van der Waals surface area contributed by atoms with Crippen LogP contribution in [0, 0.1) is 5.92 Å². The summed E-state index contributed by atoms with van der Waals surface area (Å²) < 4.78 is 0. The molecular formula is C15H32N4. The number of piperidine rings is 1. The fourth-order valence-corrected chi connectivity index (χ4v) is 3.21. The number of hydrogen-bond donors (Lipinski definition) is 1. The van der Waals surface area contributed by atoms with Crippen LogP contribution in [0.25, 0.3) is 0 Å². The van der Waals surface area contributed by atoms with Crippen molar-refractivity contribution < 1.29 is 0 Å². The summed E-state index contributed by atoms with van der Waals surface area (Å²) in [5.74, 6) is 0.923. The Kier molecular flexibility index (Phi) is 6.57. The molecule has 0 atom stereocenters. The number of hydrogen-bond acceptors (Lipinski definition) is 4. The first kappa shape index (κ1) is 15.2. The van der Waals surface area contributed by atoms with Crippen LogP contribution in [0.1, 0.15) is 19.3 Å². The summed E-state index contributed by atoms with van der Waals surface area (Å²) in [6, 6.07) is 0. The van der Waals surface area contributed by atoms with E-state index in [-0.39, 0.29) is 0 Å². The first-order valence-corrected chi connectivity index (χ1v) is 8.04. The largest absolute Gasteiger partial charge is 0.315 e. The third-order valence-corrected chi connectivity index (χ3v) is 4.64. The van der Waals surface area contributed by atoms with Crippen molar-refractivity contribution >= 4 is 0 Å². The molecule has 2 saturated heterocycles. The van der Waals surface area contributed by atoms with Crippen molar-refractivity contribution in [3.05, 3.63) is 0 Å². The SMILES string of the molecule is CN1CCC(CN(C)CCN2CCCNCC2)CC1. The minimum Gasteiger partial charge on any atom is -0.315 e. The molecule has 2 aliphatic heterocycles. The third-order valence-electron chi connectivity index (χ3n) is 4.64. The first-order valence-electron chi connectivity index (χ1n) is 8.04. The lowest BCUT2D eigenvalue weighted by molar-refractivity contribution is 0.164. The summed E-state index contributed by atoms with van der Waals surface area (Å²) in [5, 5.41) is 3.47. The van der Waals surface area contributed by atoms with Crippen molar-refractivity contribution in [2.75, 3.05) is 73.0 Å². The van der Waals surface area contributed by atoms with Gasteiger partial charge in [-0.3, -0.25) is 0 Å². The van der Waals surface area contributed by atoms with Gasteiger partial charge < -0.3 is 20.0 Å². The molecule has 2 aliphatic rings. The zero-order valence-corrected chi connectivity index (χ0v) is 12.9. The van der Waals surface area contributed by atoms with Crippen molar-refractivity contribution in [2.45, 2.75) is 19.3 Å². The van der Waals surface area contributed by atoms with Gasteiger partial charge in [0.15, 0.2) is 0 Å². The normalized spacial score (nSPS) is 24.8. The molecule has 1 N–H and O–H groups in total. The quantitative estimate of drug-likeness (QED) is 0.786. The average Bonchev–Trinajstić information content (AvgIpc) is 2.68. The fourth-order valence-electron chi connectivity index (χ4n) is 3.21. The van der Waals surface area contributed by atoms with Gasteiger partial charge in [0, 0.05) is 32.7 Å². The van der Waals surface area contributed by atoms with Crippen molar-refractivity contribution in [3.8, 4) is 0 Å². The minimum atomic E-state index is 0.923. The molecule has 0 aliphatic carbocycles. The maximum atomic E-state index is 3.47. The number of likely N-dealkylation sites (N-methyl/N-ethyl adjacent to an activating group) is 1. The highest BCUT2D eigenvalue weighted by Gasteiger charge is 2.18. The number of nitrogens with zero attached hydrogens (tertiary/aromatic N) is 3. The van der Waals surface area contributed by atoms with Gasteiger partial charge in [0.2, 0.25) is 0 Å². The lowest BCUT2D eigenvalue weighted by Gasteiger charge is -2.32. The second-order valence-electron chi connectivity index (χ2n) is 6.45. The number of likely N-dealkylation sites (tertiary alicyclic amines) is 1. The maximum Gasteiger partial charge on any atom is 0.0110 e. The van der Waals surface area contributed by atoms with Gasteiger partial charge in [-0.25, -0.2) is 0 Å². The molecule has 0 aromatic carbocycles. The Morgan fingerprint density at radius 3 is 2.68 bits per heavy atom. The Balaban J connectivity index is 1.59. The fraction of sp³-hybridized carbons (Fsp3) is 1.00. The van der Waals surface area contributed by atoms with E-state index in [9.17, 15) is 0 Å². The zero-order valence-electron chi connectivity index (χ0n) is 12.9. The minimum absolute atomic E-state index is 0.923. The van der Waals surface area contributed by atoms with E-state index in [1.54, 1.807) is 0 Å². The van der Waals surface area contributed by atoms with E-state index >= 15 is 0 Å². The Morgan fingerprint density at radius 1 is 1.11 bits per heavy atom. The van der Waals surface area contributed by atoms with Crippen LogP contribution in [0.2, 0.25) is 0 Å². The molecule has 2 fully saturated rings. The van der Waals surface area contributed by atoms with E-state index in [1.165, 1.54) is 78.2 Å². The van der Waals surface area contributed by atoms with E-state index in [2.05, 4.69) is 34.1 Å². The maximum absolute atomic E-state index is 3.47. The van der Waals surface area contributed by atoms with Gasteiger partial charge in [-0.05, 0) is 65.5 Å². The van der Waals surface area contributed by atoms with Gasteiger partial charge in [-0.1, -0.05) is 0 Å². The standard InChI is InChI=1S/C15H32N4/c1-17-9-4-15(5-10-17)14-18(2)12-13-19-8-3-6-16-7-11-19/h15-16H,3-14H2,1-2H3. The summed E-state index contributed by atoms with van der Waals surface area (Å²) in [6.07, 6.45) is 4.07. The van der Waals surface area contributed by atoms with Crippen LogP contribution in [-0.4, -0.2) is 87.7 Å². The Hall–Kier alpha value is -0.160. The molecule has 0 unspecified atom stereocenters. The van der Waals surface area contributed by atoms with Gasteiger partial charge in [0.05, 0.1) is 0 Å². The molecule has 0 saturated carbocycles. The average molecular weight is 268 g/mol. The molecular weight excluding hydrogens is 236 g/mol. The molecule has 0 radical (unpaired) electrons. The van der Waals surface area contributed by atoms with Crippen molar-refractivity contribution in [2.24, 2.45) is 5.92 Å². The number of nitrogens with one attached hydrogen (secondary N) is 1. The predicted molar refractivity (Wildman–Crippen MR) is 81.6 cm³/mol. The molecule has 0 bridgehead atoms. The number of rotatable bonds is 5. The van der Waals surface area contributed by atoms with Crippen LogP contribution < -0.4 is 5.32 Å². The van der Waals surface area contributed by atoms with Crippen molar-refractivity contribution in [1.82, 2.24) is 20.0 Å². The molecule has 2 heterocycles. The van der Waals surface area contributed by atoms with E-state index in [1.807, 2.05) is 0 Å². The summed E-state index contributed by atoms with van der Waals surface area (Å²) in [5.41, 5.74) is 0. The summed E-state index contributed by atoms with van der Waals surface area (Å²) in [4.78, 5) is 7.63. The molecule has 2 rings (SSSR count). The smallest absolute Gasteiger partial charge is 0.0110 e. The molecule has 0 aromatic rings. The van der Waals surface area contributed by atoms with Crippen LogP contribution in [0.3, 0.4) is 0 Å². The summed E-state index contributed by atoms with van der Waals surface area (Å²) >= 11 is 0. The monoisotopic (exact) mass is 268 g/mol. The molecule has 0 aromatic heterocycles. The first-order chi connectivity index (χ1) is 9.24. The van der Waals surface area contributed by atoms with Crippen LogP contribution in [-0.2, 0) is 0 Å². The molecule has 4 nitrogen and oxygen atoms in total. The lowest BCUT2D eigenvalue weighted by Crippen LogP contribution is -2.39. The highest BCUT2D eigenvalue weighted by Crippen LogP contribution is 2.16. The summed E-state index contributed by atoms with van der Waals surface area (Å²) in [7, 11) is 4.54. The van der Waals surface area contributed by atoms with Crippen LogP contribution >= 0.6 is 0 Å². The third kappa shape index (κ3) is 5.78. The van der Waals surface area contributed by atoms with Crippen molar-refractivity contribution in [3.63, 3.8) is 0 Å². The Labute approximate surface area is 119 Å². The highest BCUT2D eigenvalue weighted by molar-refractivity contribution is 4.73. The lowest BCUT2D eigenvalue weighted by atomic mass is 9.97. The molecule has 0 amide bonds. The van der Waals surface area contributed by atoms with E-state index in [4.69, 9.17) is 0 Å². The van der Waals surface area contributed by atoms with Crippen LogP contribution in [0.5, 0.6) is 0 Å². The second kappa shape index (κ2) is 8.20. The molecule has 112 valence electrons. The van der Waals surface area contributed by atoms with Gasteiger partial charge >= 0.3 is 0 Å². The Morgan fingerprint density at radius 2 is 1.89 bits per heavy atom. The van der Waals surface area contributed by atoms with Crippen LogP contribution in [0.15, 0.2) is 0 Å². The van der Waals surface area contributed by atoms with E-state index in [0.29, 0.717) is 0 Å². The second-order valence-corrected chi connectivity index (χ2v) is 6.45. The topological polar surface area (TPSA) is 21.8 Å². The van der Waals surface area contributed by atoms with Gasteiger partial charge in [-0.15, -0.1) is 0 Å². The van der Waals surface area contributed by atoms with Gasteiger partial charge in [0.1, 0.15) is 0 Å². The van der Waals surface area contributed by atoms with Crippen molar-refractivity contribution in [1.29, 1.82) is 0 Å².